The number of rotatable bonds is 10. The van der Waals surface area contributed by atoms with Gasteiger partial charge in [0.05, 0.1) is 13.7 Å². The Labute approximate surface area is 226 Å². The van der Waals surface area contributed by atoms with E-state index in [9.17, 15) is 9.59 Å². The first-order valence-corrected chi connectivity index (χ1v) is 13.1. The maximum Gasteiger partial charge on any atom is 0.341 e. The number of hydrogen-bond donors (Lipinski definition) is 1. The number of anilines is 1. The fraction of sp³-hybridized carbons (Fsp3) is 0.161. The van der Waals surface area contributed by atoms with Gasteiger partial charge in [0, 0.05) is 17.0 Å². The van der Waals surface area contributed by atoms with E-state index in [0.717, 1.165) is 27.8 Å². The highest BCUT2D eigenvalue weighted by atomic mass is 32.1. The van der Waals surface area contributed by atoms with Crippen molar-refractivity contribution in [2.75, 3.05) is 19.0 Å². The number of ether oxygens (including phenoxy) is 3. The lowest BCUT2D eigenvalue weighted by Crippen LogP contribution is -2.12. The second-order valence-corrected chi connectivity index (χ2v) is 9.33. The summed E-state index contributed by atoms with van der Waals surface area (Å²) in [6, 6.07) is 23.2. The summed E-state index contributed by atoms with van der Waals surface area (Å²) in [4.78, 5) is 25.6. The second-order valence-electron chi connectivity index (χ2n) is 8.45. The number of carbonyl (C=O) groups is 2. The van der Waals surface area contributed by atoms with Crippen molar-refractivity contribution in [2.45, 2.75) is 20.5 Å². The van der Waals surface area contributed by atoms with Gasteiger partial charge in [-0.05, 0) is 48.7 Å². The van der Waals surface area contributed by atoms with Crippen molar-refractivity contribution in [1.29, 1.82) is 0 Å². The smallest absolute Gasteiger partial charge is 0.341 e. The van der Waals surface area contributed by atoms with Crippen molar-refractivity contribution in [2.24, 2.45) is 0 Å². The third kappa shape index (κ3) is 6.69. The molecule has 0 spiro atoms. The summed E-state index contributed by atoms with van der Waals surface area (Å²) < 4.78 is 16.7. The molecule has 1 N–H and O–H groups in total. The van der Waals surface area contributed by atoms with E-state index in [2.05, 4.69) is 5.32 Å². The first kappa shape index (κ1) is 26.7. The van der Waals surface area contributed by atoms with Crippen LogP contribution < -0.4 is 14.8 Å². The number of methoxy groups -OCH3 is 1. The molecular weight excluding hydrogens is 498 g/mol. The van der Waals surface area contributed by atoms with Crippen LogP contribution in [-0.4, -0.2) is 25.6 Å². The number of carbonyl (C=O) groups excluding carboxylic acids is 2. The third-order valence-corrected chi connectivity index (χ3v) is 6.62. The molecule has 0 aliphatic heterocycles. The molecule has 0 bridgehead atoms. The van der Waals surface area contributed by atoms with Crippen molar-refractivity contribution >= 4 is 34.3 Å². The minimum atomic E-state index is -0.473. The zero-order valence-electron chi connectivity index (χ0n) is 21.5. The summed E-state index contributed by atoms with van der Waals surface area (Å²) in [5.74, 6) is 0.337. The molecule has 0 aliphatic carbocycles. The molecule has 3 aromatic carbocycles. The minimum absolute atomic E-state index is 0.238. The van der Waals surface area contributed by atoms with Crippen LogP contribution in [0.1, 0.15) is 34.0 Å². The fourth-order valence-corrected chi connectivity index (χ4v) is 4.73. The topological polar surface area (TPSA) is 73.9 Å². The van der Waals surface area contributed by atoms with Crippen molar-refractivity contribution in [3.8, 4) is 22.6 Å². The van der Waals surface area contributed by atoms with Crippen LogP contribution in [0.25, 0.3) is 17.2 Å². The van der Waals surface area contributed by atoms with Crippen LogP contribution in [0.3, 0.4) is 0 Å². The van der Waals surface area contributed by atoms with Gasteiger partial charge in [-0.15, -0.1) is 11.3 Å². The molecule has 7 heteroatoms. The van der Waals surface area contributed by atoms with Gasteiger partial charge in [-0.2, -0.15) is 0 Å². The number of esters is 1. The number of amides is 1. The average Bonchev–Trinajstić information content (AvgIpc) is 3.35. The molecule has 0 fully saturated rings. The summed E-state index contributed by atoms with van der Waals surface area (Å²) in [7, 11) is 1.57. The Morgan fingerprint density at radius 1 is 0.974 bits per heavy atom. The van der Waals surface area contributed by atoms with Crippen LogP contribution >= 0.6 is 11.3 Å². The molecule has 0 atom stereocenters. The van der Waals surface area contributed by atoms with Crippen molar-refractivity contribution in [3.05, 3.63) is 107 Å². The summed E-state index contributed by atoms with van der Waals surface area (Å²) in [5.41, 5.74) is 4.89. The quantitative estimate of drug-likeness (QED) is 0.175. The zero-order valence-corrected chi connectivity index (χ0v) is 22.3. The lowest BCUT2D eigenvalue weighted by atomic mass is 10.0. The molecule has 194 valence electrons. The molecule has 4 aromatic rings. The molecule has 0 aliphatic rings. The monoisotopic (exact) mass is 527 g/mol. The van der Waals surface area contributed by atoms with Crippen molar-refractivity contribution < 1.29 is 23.8 Å². The SMILES string of the molecule is CCOC(=O)c1c(-c2ccc(C)cc2)csc1NC(=O)C=Cc1ccc(OCc2ccccc2)c(OC)c1. The van der Waals surface area contributed by atoms with Crippen LogP contribution in [0.2, 0.25) is 0 Å². The van der Waals surface area contributed by atoms with E-state index in [1.165, 1.54) is 17.4 Å². The Hall–Kier alpha value is -4.36. The first-order chi connectivity index (χ1) is 18.5. The van der Waals surface area contributed by atoms with Gasteiger partial charge in [-0.1, -0.05) is 66.2 Å². The lowest BCUT2D eigenvalue weighted by Gasteiger charge is -2.11. The summed E-state index contributed by atoms with van der Waals surface area (Å²) >= 11 is 1.29. The van der Waals surface area contributed by atoms with Gasteiger partial charge in [0.15, 0.2) is 11.5 Å². The predicted octanol–water partition coefficient (Wildman–Crippen LogP) is 7.14. The molecule has 6 nitrogen and oxygen atoms in total. The molecule has 0 unspecified atom stereocenters. The van der Waals surface area contributed by atoms with E-state index in [0.29, 0.717) is 28.7 Å². The Kier molecular flexibility index (Phi) is 8.95. The molecule has 1 heterocycles. The summed E-state index contributed by atoms with van der Waals surface area (Å²) in [6.45, 7) is 4.41. The maximum atomic E-state index is 12.8. The Balaban J connectivity index is 1.48. The van der Waals surface area contributed by atoms with Gasteiger partial charge < -0.3 is 19.5 Å². The van der Waals surface area contributed by atoms with Gasteiger partial charge in [-0.3, -0.25) is 4.79 Å². The van der Waals surface area contributed by atoms with Crippen molar-refractivity contribution in [3.63, 3.8) is 0 Å². The van der Waals surface area contributed by atoms with Gasteiger partial charge in [0.25, 0.3) is 0 Å². The van der Waals surface area contributed by atoms with E-state index >= 15 is 0 Å². The maximum absolute atomic E-state index is 12.8. The highest BCUT2D eigenvalue weighted by molar-refractivity contribution is 7.15. The van der Waals surface area contributed by atoms with Crippen LogP contribution in [0.5, 0.6) is 11.5 Å². The first-order valence-electron chi connectivity index (χ1n) is 12.2. The molecular formula is C31H29NO5S. The van der Waals surface area contributed by atoms with Gasteiger partial charge in [0.2, 0.25) is 5.91 Å². The number of nitrogens with one attached hydrogen (secondary N) is 1. The number of thiophene rings is 1. The molecule has 0 radical (unpaired) electrons. The van der Waals surface area contributed by atoms with E-state index in [1.807, 2.05) is 79.0 Å². The Morgan fingerprint density at radius 2 is 1.74 bits per heavy atom. The third-order valence-electron chi connectivity index (χ3n) is 5.72. The largest absolute Gasteiger partial charge is 0.493 e. The number of hydrogen-bond acceptors (Lipinski definition) is 6. The van der Waals surface area contributed by atoms with E-state index in [1.54, 1.807) is 26.2 Å². The Morgan fingerprint density at radius 3 is 2.45 bits per heavy atom. The summed E-state index contributed by atoms with van der Waals surface area (Å²) in [6.07, 6.45) is 3.09. The van der Waals surface area contributed by atoms with Gasteiger partial charge in [0.1, 0.15) is 17.2 Å². The zero-order chi connectivity index (χ0) is 26.9. The second kappa shape index (κ2) is 12.7. The van der Waals surface area contributed by atoms with E-state index < -0.39 is 5.97 Å². The minimum Gasteiger partial charge on any atom is -0.493 e. The molecule has 1 amide bonds. The fourth-order valence-electron chi connectivity index (χ4n) is 3.77. The highest BCUT2D eigenvalue weighted by Gasteiger charge is 2.22. The van der Waals surface area contributed by atoms with Gasteiger partial charge >= 0.3 is 5.97 Å². The van der Waals surface area contributed by atoms with Crippen molar-refractivity contribution in [1.82, 2.24) is 0 Å². The van der Waals surface area contributed by atoms with Crippen LogP contribution in [0.4, 0.5) is 5.00 Å². The molecule has 0 saturated heterocycles. The van der Waals surface area contributed by atoms with Gasteiger partial charge in [-0.25, -0.2) is 4.79 Å². The molecule has 4 rings (SSSR count). The molecule has 0 saturated carbocycles. The normalized spacial score (nSPS) is 10.8. The number of aryl methyl sites for hydroxylation is 1. The molecule has 1 aromatic heterocycles. The van der Waals surface area contributed by atoms with E-state index in [4.69, 9.17) is 14.2 Å². The Bertz CT molecular complexity index is 1420. The van der Waals surface area contributed by atoms with Crippen LogP contribution in [0, 0.1) is 6.92 Å². The average molecular weight is 528 g/mol. The van der Waals surface area contributed by atoms with Crippen LogP contribution in [-0.2, 0) is 16.1 Å². The summed E-state index contributed by atoms with van der Waals surface area (Å²) in [5, 5.41) is 5.13. The van der Waals surface area contributed by atoms with Crippen LogP contribution in [0.15, 0.2) is 84.3 Å². The molecule has 38 heavy (non-hydrogen) atoms. The lowest BCUT2D eigenvalue weighted by molar-refractivity contribution is -0.111. The van der Waals surface area contributed by atoms with E-state index in [-0.39, 0.29) is 12.5 Å². The highest BCUT2D eigenvalue weighted by Crippen LogP contribution is 2.36. The predicted molar refractivity (Wildman–Crippen MR) is 152 cm³/mol. The number of benzene rings is 3. The standard InChI is InChI=1S/C31H29NO5S/c1-4-36-31(34)29-25(24-14-10-21(2)11-15-24)20-38-30(29)32-28(33)17-13-22-12-16-26(27(18-22)35-3)37-19-23-8-6-5-7-9-23/h5-18,20H,4,19H2,1-3H3,(H,32,33).